The first-order chi connectivity index (χ1) is 14.4. The Morgan fingerprint density at radius 2 is 1.61 bits per heavy atom. The van der Waals surface area contributed by atoms with Crippen molar-refractivity contribution in [2.24, 2.45) is 0 Å². The second-order valence-corrected chi connectivity index (χ2v) is 7.02. The van der Waals surface area contributed by atoms with Crippen LogP contribution in [0.4, 0.5) is 26.3 Å². The molecule has 1 aromatic carbocycles. The van der Waals surface area contributed by atoms with Gasteiger partial charge in [-0.3, -0.25) is 9.78 Å². The number of alkyl halides is 6. The Kier molecular flexibility index (Phi) is 6.02. The van der Waals surface area contributed by atoms with Gasteiger partial charge in [0, 0.05) is 18.0 Å². The fraction of sp³-hybridized carbons (Fsp3) is 0.235. The van der Waals surface area contributed by atoms with Gasteiger partial charge in [-0.05, 0) is 41.1 Å². The normalized spacial score (nSPS) is 13.2. The summed E-state index contributed by atoms with van der Waals surface area (Å²) >= 11 is 3.11. The molecule has 0 saturated carbocycles. The van der Waals surface area contributed by atoms with Crippen molar-refractivity contribution in [3.8, 4) is 5.82 Å². The van der Waals surface area contributed by atoms with E-state index < -0.39 is 41.0 Å². The van der Waals surface area contributed by atoms with E-state index in [9.17, 15) is 31.1 Å². The third kappa shape index (κ3) is 5.18. The van der Waals surface area contributed by atoms with E-state index in [4.69, 9.17) is 0 Å². The summed E-state index contributed by atoms with van der Waals surface area (Å²) in [7, 11) is 0. The number of rotatable bonds is 4. The highest BCUT2D eigenvalue weighted by Crippen LogP contribution is 2.36. The lowest BCUT2D eigenvalue weighted by atomic mass is 10.0. The Bertz CT molecular complexity index is 1080. The van der Waals surface area contributed by atoms with Crippen molar-refractivity contribution in [1.82, 2.24) is 30.3 Å². The maximum atomic E-state index is 13.0. The van der Waals surface area contributed by atoms with Crippen molar-refractivity contribution in [3.05, 3.63) is 63.8 Å². The van der Waals surface area contributed by atoms with Crippen LogP contribution in [0, 0.1) is 0 Å². The molecule has 0 radical (unpaired) electrons. The maximum absolute atomic E-state index is 13.0. The van der Waals surface area contributed by atoms with Crippen molar-refractivity contribution < 1.29 is 31.1 Å². The SMILES string of the molecule is CC(NC(=O)c1cc(C(F)(F)F)cc(C(F)(F)F)c1)c1nccnc1-n1ncc(Br)n1. The zero-order chi connectivity index (χ0) is 23.0. The van der Waals surface area contributed by atoms with Crippen LogP contribution in [0.3, 0.4) is 0 Å². The van der Waals surface area contributed by atoms with E-state index in [1.165, 1.54) is 25.5 Å². The number of amides is 1. The molecule has 164 valence electrons. The number of nitrogens with zero attached hydrogens (tertiary/aromatic N) is 5. The number of nitrogens with one attached hydrogen (secondary N) is 1. The summed E-state index contributed by atoms with van der Waals surface area (Å²) < 4.78 is 78.6. The lowest BCUT2D eigenvalue weighted by Crippen LogP contribution is -2.29. The van der Waals surface area contributed by atoms with Crippen LogP contribution >= 0.6 is 15.9 Å². The number of halogens is 7. The molecule has 0 fully saturated rings. The zero-order valence-corrected chi connectivity index (χ0v) is 16.9. The first-order valence-corrected chi connectivity index (χ1v) is 9.15. The van der Waals surface area contributed by atoms with Crippen LogP contribution in [0.1, 0.15) is 40.1 Å². The maximum Gasteiger partial charge on any atom is 0.416 e. The highest BCUT2D eigenvalue weighted by Gasteiger charge is 2.37. The Morgan fingerprint density at radius 3 is 2.13 bits per heavy atom. The standard InChI is InChI=1S/C17H11BrF6N6O/c1-8(13-14(26-3-2-25-13)30-27-7-12(18)29-30)28-15(31)9-4-10(16(19,20)21)6-11(5-9)17(22,23)24/h2-8H,1H3,(H,28,31). The molecule has 31 heavy (non-hydrogen) atoms. The number of aromatic nitrogens is 5. The van der Waals surface area contributed by atoms with E-state index in [1.54, 1.807) is 0 Å². The topological polar surface area (TPSA) is 85.6 Å². The molecule has 7 nitrogen and oxygen atoms in total. The van der Waals surface area contributed by atoms with Gasteiger partial charge in [-0.15, -0.1) is 9.90 Å². The molecule has 2 aromatic heterocycles. The molecule has 0 aliphatic heterocycles. The molecule has 1 atom stereocenters. The van der Waals surface area contributed by atoms with Gasteiger partial charge in [-0.1, -0.05) is 0 Å². The predicted octanol–water partition coefficient (Wildman–Crippen LogP) is 4.35. The van der Waals surface area contributed by atoms with Crippen molar-refractivity contribution >= 4 is 21.8 Å². The molecule has 0 aliphatic rings. The minimum Gasteiger partial charge on any atom is -0.344 e. The molecule has 1 N–H and O–H groups in total. The van der Waals surface area contributed by atoms with Gasteiger partial charge in [-0.25, -0.2) is 4.98 Å². The van der Waals surface area contributed by atoms with E-state index in [0.717, 1.165) is 4.80 Å². The zero-order valence-electron chi connectivity index (χ0n) is 15.3. The van der Waals surface area contributed by atoms with Gasteiger partial charge in [0.25, 0.3) is 5.91 Å². The molecule has 0 spiro atoms. The van der Waals surface area contributed by atoms with Crippen LogP contribution in [0.5, 0.6) is 0 Å². The molecule has 1 amide bonds. The quantitative estimate of drug-likeness (QED) is 0.529. The van der Waals surface area contributed by atoms with Crippen LogP contribution in [0.25, 0.3) is 5.82 Å². The first kappa shape index (κ1) is 22.7. The number of hydrogen-bond donors (Lipinski definition) is 1. The molecular formula is C17H11BrF6N6O. The number of benzene rings is 1. The molecule has 1 unspecified atom stereocenters. The molecule has 14 heteroatoms. The fourth-order valence-corrected chi connectivity index (χ4v) is 2.82. The van der Waals surface area contributed by atoms with Crippen LogP contribution in [0.2, 0.25) is 0 Å². The van der Waals surface area contributed by atoms with E-state index in [-0.39, 0.29) is 17.6 Å². The summed E-state index contributed by atoms with van der Waals surface area (Å²) in [5.74, 6) is -1.05. The monoisotopic (exact) mass is 508 g/mol. The minimum atomic E-state index is -5.07. The van der Waals surface area contributed by atoms with E-state index in [0.29, 0.717) is 16.7 Å². The summed E-state index contributed by atoms with van der Waals surface area (Å²) in [6, 6.07) is -0.311. The van der Waals surface area contributed by atoms with Crippen molar-refractivity contribution in [2.45, 2.75) is 25.3 Å². The summed E-state index contributed by atoms with van der Waals surface area (Å²) in [4.78, 5) is 21.7. The van der Waals surface area contributed by atoms with Gasteiger partial charge in [-0.2, -0.15) is 31.4 Å². The van der Waals surface area contributed by atoms with Crippen LogP contribution in [-0.4, -0.2) is 30.9 Å². The summed E-state index contributed by atoms with van der Waals surface area (Å²) in [6.45, 7) is 1.43. The smallest absolute Gasteiger partial charge is 0.344 e. The Hall–Kier alpha value is -3.03. The third-order valence-electron chi connectivity index (χ3n) is 3.97. The Morgan fingerprint density at radius 1 is 1.03 bits per heavy atom. The van der Waals surface area contributed by atoms with Gasteiger partial charge in [0.2, 0.25) is 0 Å². The van der Waals surface area contributed by atoms with Crippen LogP contribution in [-0.2, 0) is 12.4 Å². The molecule has 2 heterocycles. The lowest BCUT2D eigenvalue weighted by Gasteiger charge is -2.17. The van der Waals surface area contributed by atoms with Crippen molar-refractivity contribution in [3.63, 3.8) is 0 Å². The minimum absolute atomic E-state index is 0.0533. The van der Waals surface area contributed by atoms with E-state index >= 15 is 0 Å². The third-order valence-corrected chi connectivity index (χ3v) is 4.33. The second-order valence-electron chi connectivity index (χ2n) is 6.21. The lowest BCUT2D eigenvalue weighted by molar-refractivity contribution is -0.143. The molecule has 3 aromatic rings. The summed E-state index contributed by atoms with van der Waals surface area (Å²) in [6.07, 6.45) is -6.15. The highest BCUT2D eigenvalue weighted by atomic mass is 79.9. The summed E-state index contributed by atoms with van der Waals surface area (Å²) in [5, 5.41) is 10.3. The van der Waals surface area contributed by atoms with Crippen LogP contribution < -0.4 is 5.32 Å². The van der Waals surface area contributed by atoms with E-state index in [2.05, 4.69) is 41.4 Å². The molecular weight excluding hydrogens is 498 g/mol. The predicted molar refractivity (Wildman–Crippen MR) is 97.0 cm³/mol. The molecule has 0 aliphatic carbocycles. The number of carbonyl (C=O) groups is 1. The first-order valence-electron chi connectivity index (χ1n) is 8.35. The Balaban J connectivity index is 1.94. The summed E-state index contributed by atoms with van der Waals surface area (Å²) in [5.41, 5.74) is -3.85. The van der Waals surface area contributed by atoms with Gasteiger partial charge in [0.15, 0.2) is 5.82 Å². The molecule has 0 saturated heterocycles. The van der Waals surface area contributed by atoms with Gasteiger partial charge >= 0.3 is 12.4 Å². The van der Waals surface area contributed by atoms with Crippen molar-refractivity contribution in [2.75, 3.05) is 0 Å². The van der Waals surface area contributed by atoms with Crippen molar-refractivity contribution in [1.29, 1.82) is 0 Å². The largest absolute Gasteiger partial charge is 0.416 e. The Labute approximate surface area is 178 Å². The average Bonchev–Trinajstić information content (AvgIpc) is 3.12. The van der Waals surface area contributed by atoms with Crippen LogP contribution in [0.15, 0.2) is 41.4 Å². The second kappa shape index (κ2) is 8.24. The van der Waals surface area contributed by atoms with Gasteiger partial charge < -0.3 is 5.32 Å². The van der Waals surface area contributed by atoms with Gasteiger partial charge in [0.1, 0.15) is 10.3 Å². The molecule has 0 bridgehead atoms. The van der Waals surface area contributed by atoms with Gasteiger partial charge in [0.05, 0.1) is 23.4 Å². The highest BCUT2D eigenvalue weighted by molar-refractivity contribution is 9.10. The number of carbonyl (C=O) groups excluding carboxylic acids is 1. The number of hydrogen-bond acceptors (Lipinski definition) is 5. The average molecular weight is 509 g/mol. The van der Waals surface area contributed by atoms with E-state index in [1.807, 2.05) is 0 Å². The fourth-order valence-electron chi connectivity index (χ4n) is 2.58. The molecule has 3 rings (SSSR count).